The zero-order chi connectivity index (χ0) is 19.7. The predicted molar refractivity (Wildman–Crippen MR) is 110 cm³/mol. The quantitative estimate of drug-likeness (QED) is 0.811. The van der Waals surface area contributed by atoms with Crippen LogP contribution in [0, 0.1) is 5.92 Å². The van der Waals surface area contributed by atoms with Crippen LogP contribution < -0.4 is 5.32 Å². The molecule has 1 unspecified atom stereocenters. The molecule has 1 atom stereocenters. The summed E-state index contributed by atoms with van der Waals surface area (Å²) < 4.78 is 0. The fourth-order valence-electron chi connectivity index (χ4n) is 4.31. The van der Waals surface area contributed by atoms with Gasteiger partial charge in [-0.3, -0.25) is 9.59 Å². The summed E-state index contributed by atoms with van der Waals surface area (Å²) in [6.45, 7) is 2.57. The molecule has 0 bridgehead atoms. The number of amides is 2. The van der Waals surface area contributed by atoms with Crippen LogP contribution in [0.2, 0.25) is 5.02 Å². The van der Waals surface area contributed by atoms with Crippen molar-refractivity contribution in [3.8, 4) is 0 Å². The molecule has 0 radical (unpaired) electrons. The number of hydrogen-bond donors (Lipinski definition) is 1. The number of hydrogen-bond acceptors (Lipinski definition) is 2. The molecule has 146 valence electrons. The molecule has 2 aliphatic rings. The number of nitrogens with one attached hydrogen (secondary N) is 1. The van der Waals surface area contributed by atoms with E-state index in [4.69, 9.17) is 11.6 Å². The minimum atomic E-state index is -0.612. The van der Waals surface area contributed by atoms with E-state index in [2.05, 4.69) is 12.2 Å². The van der Waals surface area contributed by atoms with Crippen molar-refractivity contribution in [2.75, 3.05) is 0 Å². The lowest BCUT2D eigenvalue weighted by atomic mass is 9.87. The molecular formula is C23H25ClN2O2. The first-order valence-corrected chi connectivity index (χ1v) is 10.4. The largest absolute Gasteiger partial charge is 0.351 e. The van der Waals surface area contributed by atoms with Gasteiger partial charge < -0.3 is 10.2 Å². The molecule has 1 saturated carbocycles. The maximum Gasteiger partial charge on any atom is 0.255 e. The molecule has 28 heavy (non-hydrogen) atoms. The SMILES string of the molecule is CC1CCC(NC(=O)C2c3ccccc3C(=O)N2Cc2ccccc2Cl)CC1. The average Bonchev–Trinajstić information content (AvgIpc) is 2.98. The third kappa shape index (κ3) is 3.66. The van der Waals surface area contributed by atoms with Gasteiger partial charge in [-0.05, 0) is 54.9 Å². The highest BCUT2D eigenvalue weighted by molar-refractivity contribution is 6.31. The van der Waals surface area contributed by atoms with Crippen LogP contribution in [0.5, 0.6) is 0 Å². The van der Waals surface area contributed by atoms with Crippen molar-refractivity contribution in [3.63, 3.8) is 0 Å². The molecule has 4 nitrogen and oxygen atoms in total. The predicted octanol–water partition coefficient (Wildman–Crippen LogP) is 4.73. The lowest BCUT2D eigenvalue weighted by Crippen LogP contribution is -2.44. The van der Waals surface area contributed by atoms with Crippen LogP contribution in [0.3, 0.4) is 0 Å². The monoisotopic (exact) mass is 396 g/mol. The summed E-state index contributed by atoms with van der Waals surface area (Å²) in [7, 11) is 0. The molecule has 2 amide bonds. The van der Waals surface area contributed by atoms with E-state index >= 15 is 0 Å². The van der Waals surface area contributed by atoms with Crippen molar-refractivity contribution < 1.29 is 9.59 Å². The van der Waals surface area contributed by atoms with E-state index in [-0.39, 0.29) is 17.9 Å². The summed E-state index contributed by atoms with van der Waals surface area (Å²) in [5.41, 5.74) is 2.22. The Balaban J connectivity index is 1.60. The lowest BCUT2D eigenvalue weighted by molar-refractivity contribution is -0.126. The van der Waals surface area contributed by atoms with Gasteiger partial charge in [-0.25, -0.2) is 0 Å². The zero-order valence-electron chi connectivity index (χ0n) is 16.0. The Morgan fingerprint density at radius 3 is 2.50 bits per heavy atom. The summed E-state index contributed by atoms with van der Waals surface area (Å²) in [5, 5.41) is 3.81. The van der Waals surface area contributed by atoms with Gasteiger partial charge in [0.15, 0.2) is 0 Å². The highest BCUT2D eigenvalue weighted by Gasteiger charge is 2.41. The van der Waals surface area contributed by atoms with Gasteiger partial charge in [-0.1, -0.05) is 54.9 Å². The fourth-order valence-corrected chi connectivity index (χ4v) is 4.51. The molecule has 1 N–H and O–H groups in total. The highest BCUT2D eigenvalue weighted by Crippen LogP contribution is 2.36. The summed E-state index contributed by atoms with van der Waals surface area (Å²) in [6, 6.07) is 14.4. The third-order valence-corrected chi connectivity index (χ3v) is 6.34. The molecule has 0 saturated heterocycles. The van der Waals surface area contributed by atoms with Gasteiger partial charge in [0.1, 0.15) is 6.04 Å². The molecule has 0 spiro atoms. The zero-order valence-corrected chi connectivity index (χ0v) is 16.8. The number of carbonyl (C=O) groups is 2. The molecule has 0 aromatic heterocycles. The average molecular weight is 397 g/mol. The normalized spacial score (nSPS) is 24.1. The van der Waals surface area contributed by atoms with Gasteiger partial charge in [-0.2, -0.15) is 0 Å². The van der Waals surface area contributed by atoms with Gasteiger partial charge in [0.25, 0.3) is 5.91 Å². The number of benzene rings is 2. The maximum absolute atomic E-state index is 13.3. The lowest BCUT2D eigenvalue weighted by Gasteiger charge is -2.30. The van der Waals surface area contributed by atoms with E-state index in [1.165, 1.54) is 0 Å². The minimum Gasteiger partial charge on any atom is -0.351 e. The standard InChI is InChI=1S/C23H25ClN2O2/c1-15-10-12-17(13-11-15)25-22(27)21-18-7-3-4-8-19(18)23(28)26(21)14-16-6-2-5-9-20(16)24/h2-9,15,17,21H,10-14H2,1H3,(H,25,27). The Bertz CT molecular complexity index is 890. The van der Waals surface area contributed by atoms with Crippen molar-refractivity contribution in [3.05, 3.63) is 70.2 Å². The molecule has 2 aromatic rings. The van der Waals surface area contributed by atoms with Crippen LogP contribution in [-0.4, -0.2) is 22.8 Å². The van der Waals surface area contributed by atoms with E-state index in [1.807, 2.05) is 42.5 Å². The summed E-state index contributed by atoms with van der Waals surface area (Å²) >= 11 is 6.32. The van der Waals surface area contributed by atoms with Crippen molar-refractivity contribution >= 4 is 23.4 Å². The minimum absolute atomic E-state index is 0.0927. The Kier molecular flexibility index (Phi) is 5.40. The highest BCUT2D eigenvalue weighted by atomic mass is 35.5. The molecule has 1 fully saturated rings. The molecule has 1 heterocycles. The van der Waals surface area contributed by atoms with Crippen LogP contribution in [0.4, 0.5) is 0 Å². The van der Waals surface area contributed by atoms with Gasteiger partial charge in [0.05, 0.1) is 0 Å². The summed E-state index contributed by atoms with van der Waals surface area (Å²) in [5.74, 6) is 0.511. The van der Waals surface area contributed by atoms with Crippen LogP contribution in [0.1, 0.15) is 60.1 Å². The second-order valence-corrected chi connectivity index (χ2v) is 8.39. The van der Waals surface area contributed by atoms with Crippen molar-refractivity contribution in [1.29, 1.82) is 0 Å². The molecule has 4 rings (SSSR count). The number of halogens is 1. The topological polar surface area (TPSA) is 49.4 Å². The molecule has 5 heteroatoms. The van der Waals surface area contributed by atoms with Gasteiger partial charge in [0, 0.05) is 23.2 Å². The van der Waals surface area contributed by atoms with Crippen LogP contribution in [0.15, 0.2) is 48.5 Å². The van der Waals surface area contributed by atoms with Gasteiger partial charge in [0.2, 0.25) is 5.91 Å². The van der Waals surface area contributed by atoms with Gasteiger partial charge in [-0.15, -0.1) is 0 Å². The summed E-state index contributed by atoms with van der Waals surface area (Å²) in [4.78, 5) is 28.0. The van der Waals surface area contributed by atoms with Crippen LogP contribution in [0.25, 0.3) is 0 Å². The van der Waals surface area contributed by atoms with Crippen LogP contribution in [-0.2, 0) is 11.3 Å². The van der Waals surface area contributed by atoms with Crippen LogP contribution >= 0.6 is 11.6 Å². The van der Waals surface area contributed by atoms with E-state index in [0.717, 1.165) is 42.7 Å². The number of fused-ring (bicyclic) bond motifs is 1. The Morgan fingerprint density at radius 1 is 1.07 bits per heavy atom. The number of nitrogens with zero attached hydrogens (tertiary/aromatic N) is 1. The first-order chi connectivity index (χ1) is 13.5. The Labute approximate surface area is 170 Å². The smallest absolute Gasteiger partial charge is 0.255 e. The Morgan fingerprint density at radius 2 is 1.75 bits per heavy atom. The summed E-state index contributed by atoms with van der Waals surface area (Å²) in [6.07, 6.45) is 4.27. The van der Waals surface area contributed by atoms with Crippen molar-refractivity contribution in [2.24, 2.45) is 5.92 Å². The second kappa shape index (κ2) is 7.96. The number of rotatable bonds is 4. The first-order valence-electron chi connectivity index (χ1n) is 9.98. The number of carbonyl (C=O) groups excluding carboxylic acids is 2. The molecular weight excluding hydrogens is 372 g/mol. The fraction of sp³-hybridized carbons (Fsp3) is 0.391. The van der Waals surface area contributed by atoms with Crippen molar-refractivity contribution in [1.82, 2.24) is 10.2 Å². The third-order valence-electron chi connectivity index (χ3n) is 5.97. The molecule has 1 aliphatic carbocycles. The van der Waals surface area contributed by atoms with E-state index < -0.39 is 6.04 Å². The van der Waals surface area contributed by atoms with Gasteiger partial charge >= 0.3 is 0 Å². The van der Waals surface area contributed by atoms with Crippen molar-refractivity contribution in [2.45, 2.75) is 51.2 Å². The first kappa shape index (κ1) is 19.0. The van der Waals surface area contributed by atoms with E-state index in [9.17, 15) is 9.59 Å². The molecule has 1 aliphatic heterocycles. The second-order valence-electron chi connectivity index (χ2n) is 7.98. The van der Waals surface area contributed by atoms with E-state index in [0.29, 0.717) is 17.1 Å². The molecule has 2 aromatic carbocycles. The van der Waals surface area contributed by atoms with E-state index in [1.54, 1.807) is 11.0 Å². The Hall–Kier alpha value is -2.33. The maximum atomic E-state index is 13.3.